The predicted octanol–water partition coefficient (Wildman–Crippen LogP) is 5.42. The van der Waals surface area contributed by atoms with Crippen molar-refractivity contribution in [1.29, 1.82) is 0 Å². The summed E-state index contributed by atoms with van der Waals surface area (Å²) in [4.78, 5) is 12.5. The van der Waals surface area contributed by atoms with E-state index in [0.717, 1.165) is 41.4 Å². The van der Waals surface area contributed by atoms with Gasteiger partial charge in [-0.2, -0.15) is 0 Å². The van der Waals surface area contributed by atoms with Crippen LogP contribution < -0.4 is 10.6 Å². The van der Waals surface area contributed by atoms with Crippen molar-refractivity contribution < 1.29 is 30.3 Å². The number of carbonyl (C=O) groups excluding carboxylic acids is 1. The van der Waals surface area contributed by atoms with Gasteiger partial charge in [0.15, 0.2) is 0 Å². The van der Waals surface area contributed by atoms with Crippen LogP contribution in [0.1, 0.15) is 83.3 Å². The van der Waals surface area contributed by atoms with Crippen LogP contribution in [-0.2, 0) is 17.6 Å². The zero-order valence-corrected chi connectivity index (χ0v) is 32.9. The number of benzene rings is 1. The Balaban J connectivity index is 1.36. The fourth-order valence-electron chi connectivity index (χ4n) is 12.0. The molecule has 5 aliphatic rings. The highest BCUT2D eigenvalue weighted by molar-refractivity contribution is 5.75. The summed E-state index contributed by atoms with van der Waals surface area (Å²) in [5, 5.41) is 64.8. The Labute approximate surface area is 322 Å². The number of rotatable bonds is 11. The first-order valence-corrected chi connectivity index (χ1v) is 20.2. The summed E-state index contributed by atoms with van der Waals surface area (Å²) in [7, 11) is 1.87. The molecular weight excluding hydrogens is 677 g/mol. The van der Waals surface area contributed by atoms with Crippen LogP contribution in [0.2, 0.25) is 0 Å². The fourth-order valence-corrected chi connectivity index (χ4v) is 12.0. The molecule has 1 aromatic carbocycles. The van der Waals surface area contributed by atoms with E-state index in [1.165, 1.54) is 11.1 Å². The summed E-state index contributed by atoms with van der Waals surface area (Å²) in [6.45, 7) is 10.7. The van der Waals surface area contributed by atoms with Gasteiger partial charge in [0, 0.05) is 34.8 Å². The van der Waals surface area contributed by atoms with Crippen molar-refractivity contribution >= 4 is 6.29 Å². The second-order valence-electron chi connectivity index (χ2n) is 17.3. The summed E-state index contributed by atoms with van der Waals surface area (Å²) in [6.07, 6.45) is 17.6. The molecule has 0 unspecified atom stereocenters. The molecule has 0 aromatic heterocycles. The van der Waals surface area contributed by atoms with E-state index >= 15 is 0 Å². The maximum Gasteiger partial charge on any atom is 0.145 e. The maximum atomic E-state index is 13.0. The molecule has 3 fully saturated rings. The first-order valence-electron chi connectivity index (χ1n) is 20.2. The van der Waals surface area contributed by atoms with Crippen LogP contribution in [0.4, 0.5) is 0 Å². The Morgan fingerprint density at radius 2 is 1.83 bits per heavy atom. The Hall–Kier alpha value is -2.95. The van der Waals surface area contributed by atoms with Gasteiger partial charge < -0.3 is 30.8 Å². The van der Waals surface area contributed by atoms with E-state index in [0.29, 0.717) is 63.5 Å². The third kappa shape index (κ3) is 6.70. The van der Waals surface area contributed by atoms with Crippen molar-refractivity contribution in [2.45, 2.75) is 109 Å². The summed E-state index contributed by atoms with van der Waals surface area (Å²) >= 11 is 0. The SMILES string of the molecule is C=C(/C=C/C=C(/CO)[C@]12CC[C@@]3([C@@H]1O)[C@@](O)(CCNC)C[C@@H]1C=C[C@H](CCO)[C@@]3(CC2)C1=C(C)C=O)[C@H]1C/C=C(\C)[C@@H](O)N[C@@H](C)Cc2cccc(c2)C1. The van der Waals surface area contributed by atoms with Gasteiger partial charge in [0.1, 0.15) is 12.5 Å². The van der Waals surface area contributed by atoms with E-state index < -0.39 is 34.2 Å². The predicted molar refractivity (Wildman–Crippen MR) is 214 cm³/mol. The summed E-state index contributed by atoms with van der Waals surface area (Å²) in [5.41, 5.74) is 3.03. The average molecular weight is 741 g/mol. The summed E-state index contributed by atoms with van der Waals surface area (Å²) in [5.74, 6) is -0.189. The molecular formula is C46H64N2O6. The lowest BCUT2D eigenvalue weighted by atomic mass is 9.34. The van der Waals surface area contributed by atoms with Gasteiger partial charge >= 0.3 is 0 Å². The van der Waals surface area contributed by atoms with E-state index in [2.05, 4.69) is 66.6 Å². The van der Waals surface area contributed by atoms with Crippen LogP contribution in [0.5, 0.6) is 0 Å². The number of aliphatic hydroxyl groups is 5. The Bertz CT molecular complexity index is 1730. The zero-order valence-electron chi connectivity index (χ0n) is 32.9. The average Bonchev–Trinajstić information content (AvgIpc) is 3.35. The number of hydrogen-bond donors (Lipinski definition) is 7. The number of fused-ring (bicyclic) bond motifs is 4. The lowest BCUT2D eigenvalue weighted by molar-refractivity contribution is -0.256. The van der Waals surface area contributed by atoms with Gasteiger partial charge in [0.25, 0.3) is 0 Å². The second kappa shape index (κ2) is 16.3. The third-order valence-electron chi connectivity index (χ3n) is 14.6. The number of aldehydes is 1. The van der Waals surface area contributed by atoms with Gasteiger partial charge in [0.2, 0.25) is 0 Å². The highest BCUT2D eigenvalue weighted by Crippen LogP contribution is 2.80. The first-order chi connectivity index (χ1) is 25.9. The Morgan fingerprint density at radius 3 is 2.54 bits per heavy atom. The fraction of sp³-hybridized carbons (Fsp3) is 0.587. The molecule has 0 amide bonds. The minimum Gasteiger partial charge on any atom is -0.396 e. The zero-order chi connectivity index (χ0) is 38.9. The molecule has 6 bridgehead atoms. The van der Waals surface area contributed by atoms with Crippen LogP contribution in [0.25, 0.3) is 0 Å². The lowest BCUT2D eigenvalue weighted by Crippen LogP contribution is -2.73. The Morgan fingerprint density at radius 1 is 1.09 bits per heavy atom. The number of hydrogen-bond acceptors (Lipinski definition) is 8. The van der Waals surface area contributed by atoms with E-state index in [9.17, 15) is 30.3 Å². The van der Waals surface area contributed by atoms with E-state index in [4.69, 9.17) is 0 Å². The molecule has 3 saturated carbocycles. The quantitative estimate of drug-likeness (QED) is 0.0691. The number of carbonyl (C=O) groups is 1. The van der Waals surface area contributed by atoms with Crippen LogP contribution in [0, 0.1) is 34.0 Å². The molecule has 8 nitrogen and oxygen atoms in total. The number of allylic oxidation sites excluding steroid dienone is 9. The molecule has 6 rings (SSSR count). The Kier molecular flexibility index (Phi) is 12.3. The summed E-state index contributed by atoms with van der Waals surface area (Å²) < 4.78 is 0. The van der Waals surface area contributed by atoms with Gasteiger partial charge in [0.05, 0.1) is 18.3 Å². The van der Waals surface area contributed by atoms with Crippen molar-refractivity contribution in [2.24, 2.45) is 34.0 Å². The van der Waals surface area contributed by atoms with Crippen LogP contribution in [-0.4, -0.2) is 82.6 Å². The van der Waals surface area contributed by atoms with Gasteiger partial charge in [-0.3, -0.25) is 10.1 Å². The molecule has 1 aromatic rings. The van der Waals surface area contributed by atoms with Crippen LogP contribution >= 0.6 is 0 Å². The molecule has 0 saturated heterocycles. The lowest BCUT2D eigenvalue weighted by Gasteiger charge is -2.71. The van der Waals surface area contributed by atoms with E-state index in [1.807, 2.05) is 39.1 Å². The van der Waals surface area contributed by atoms with Crippen molar-refractivity contribution in [3.8, 4) is 0 Å². The molecule has 294 valence electrons. The van der Waals surface area contributed by atoms with Gasteiger partial charge in [-0.15, -0.1) is 0 Å². The molecule has 1 aliphatic heterocycles. The van der Waals surface area contributed by atoms with Crippen molar-refractivity contribution in [2.75, 3.05) is 26.8 Å². The molecule has 8 heteroatoms. The highest BCUT2D eigenvalue weighted by atomic mass is 16.3. The smallest absolute Gasteiger partial charge is 0.145 e. The van der Waals surface area contributed by atoms with Crippen molar-refractivity contribution in [1.82, 2.24) is 10.6 Å². The van der Waals surface area contributed by atoms with Crippen LogP contribution in [0.3, 0.4) is 0 Å². The third-order valence-corrected chi connectivity index (χ3v) is 14.6. The molecule has 7 N–H and O–H groups in total. The normalized spacial score (nSPS) is 39.9. The highest BCUT2D eigenvalue weighted by Gasteiger charge is 2.79. The van der Waals surface area contributed by atoms with Gasteiger partial charge in [-0.25, -0.2) is 0 Å². The minimum atomic E-state index is -1.24. The molecule has 0 radical (unpaired) electrons. The van der Waals surface area contributed by atoms with Crippen molar-refractivity contribution in [3.05, 3.63) is 106 Å². The monoisotopic (exact) mass is 740 g/mol. The molecule has 2 spiro atoms. The molecule has 54 heavy (non-hydrogen) atoms. The number of nitrogens with one attached hydrogen (secondary N) is 2. The van der Waals surface area contributed by atoms with E-state index in [-0.39, 0.29) is 37.0 Å². The summed E-state index contributed by atoms with van der Waals surface area (Å²) in [6, 6.07) is 8.76. The van der Waals surface area contributed by atoms with Crippen molar-refractivity contribution in [3.63, 3.8) is 0 Å². The van der Waals surface area contributed by atoms with E-state index in [1.54, 1.807) is 0 Å². The second-order valence-corrected chi connectivity index (χ2v) is 17.3. The molecule has 1 heterocycles. The minimum absolute atomic E-state index is 0.0317. The first kappa shape index (κ1) is 40.7. The van der Waals surface area contributed by atoms with Gasteiger partial charge in [-0.1, -0.05) is 72.9 Å². The maximum absolute atomic E-state index is 13.0. The topological polar surface area (TPSA) is 142 Å². The van der Waals surface area contributed by atoms with Gasteiger partial charge in [-0.05, 0) is 144 Å². The number of aliphatic hydroxyl groups excluding tert-OH is 4. The van der Waals surface area contributed by atoms with Crippen LogP contribution in [0.15, 0.2) is 95.2 Å². The molecule has 10 atom stereocenters. The standard InChI is InChI=1S/C46H64N2O6/c1-30(36-13-12-31(2)41(52)48-33(4)24-34-9-7-10-35(25-34)26-36)8-6-11-39(29-51)43-17-19-45-38(16-23-49)15-14-37(40(45)32(3)28-50)27-44(54,21-22-47-5)46(45,20-18-43)42(43)53/h6-12,14-15,25,28,33,36-38,41-42,47-49,51-54H,1,13,16-24,26-27,29H2,2-5H3/b8-6+,31-12+,39-11-,40-32?/t33-,36-,37-,38+,41+,42+,43-,44+,45-,46+/m0/s1. The molecule has 4 aliphatic carbocycles. The largest absolute Gasteiger partial charge is 0.396 e.